The summed E-state index contributed by atoms with van der Waals surface area (Å²) in [5, 5.41) is 7.37. The molecule has 1 aliphatic rings. The second-order valence-corrected chi connectivity index (χ2v) is 6.46. The van der Waals surface area contributed by atoms with Gasteiger partial charge in [-0.3, -0.25) is 9.89 Å². The summed E-state index contributed by atoms with van der Waals surface area (Å²) in [5.74, 6) is 0.139. The predicted octanol–water partition coefficient (Wildman–Crippen LogP) is 2.82. The Balaban J connectivity index is 1.65. The summed E-state index contributed by atoms with van der Waals surface area (Å²) < 4.78 is 13.6. The molecule has 1 aliphatic heterocycles. The van der Waals surface area contributed by atoms with Crippen LogP contribution in [0.25, 0.3) is 11.3 Å². The number of hydrogen-bond acceptors (Lipinski definition) is 4. The van der Waals surface area contributed by atoms with Crippen molar-refractivity contribution in [1.29, 1.82) is 0 Å². The number of H-pyrrole nitrogens is 1. The molecule has 132 valence electrons. The van der Waals surface area contributed by atoms with Crippen molar-refractivity contribution in [1.82, 2.24) is 25.1 Å². The molecule has 0 aliphatic carbocycles. The molecule has 0 spiro atoms. The van der Waals surface area contributed by atoms with Gasteiger partial charge in [-0.2, -0.15) is 5.10 Å². The van der Waals surface area contributed by atoms with Gasteiger partial charge < -0.3 is 4.90 Å². The van der Waals surface area contributed by atoms with Crippen LogP contribution in [0.4, 0.5) is 4.39 Å². The van der Waals surface area contributed by atoms with E-state index in [0.717, 1.165) is 17.0 Å². The largest absolute Gasteiger partial charge is 0.332 e. The van der Waals surface area contributed by atoms with Crippen molar-refractivity contribution in [3.8, 4) is 11.3 Å². The van der Waals surface area contributed by atoms with Gasteiger partial charge in [0.2, 0.25) is 0 Å². The van der Waals surface area contributed by atoms with Gasteiger partial charge in [0.15, 0.2) is 0 Å². The van der Waals surface area contributed by atoms with Crippen molar-refractivity contribution in [3.05, 3.63) is 64.6 Å². The molecule has 2 aromatic heterocycles. The van der Waals surface area contributed by atoms with E-state index in [-0.39, 0.29) is 11.7 Å². The van der Waals surface area contributed by atoms with E-state index in [1.165, 1.54) is 12.1 Å². The number of aryl methyl sites for hydroxylation is 2. The molecule has 0 radical (unpaired) electrons. The number of nitrogens with one attached hydrogen (secondary N) is 1. The predicted molar refractivity (Wildman–Crippen MR) is 93.9 cm³/mol. The van der Waals surface area contributed by atoms with Gasteiger partial charge in [-0.15, -0.1) is 0 Å². The van der Waals surface area contributed by atoms with E-state index >= 15 is 0 Å². The minimum absolute atomic E-state index is 0.129. The molecular weight excluding hydrogens is 333 g/mol. The lowest BCUT2D eigenvalue weighted by Crippen LogP contribution is -2.36. The third-order valence-electron chi connectivity index (χ3n) is 4.50. The Bertz CT molecular complexity index is 977. The highest BCUT2D eigenvalue weighted by molar-refractivity contribution is 5.92. The molecule has 0 bridgehead atoms. The van der Waals surface area contributed by atoms with E-state index in [0.29, 0.717) is 42.3 Å². The Morgan fingerprint density at radius 3 is 2.85 bits per heavy atom. The monoisotopic (exact) mass is 351 g/mol. The Kier molecular flexibility index (Phi) is 3.99. The van der Waals surface area contributed by atoms with E-state index < -0.39 is 0 Å². The van der Waals surface area contributed by atoms with Crippen LogP contribution in [0, 0.1) is 19.7 Å². The van der Waals surface area contributed by atoms with Crippen LogP contribution >= 0.6 is 0 Å². The van der Waals surface area contributed by atoms with Crippen LogP contribution in [0.3, 0.4) is 0 Å². The lowest BCUT2D eigenvalue weighted by molar-refractivity contribution is 0.0728. The van der Waals surface area contributed by atoms with Crippen molar-refractivity contribution >= 4 is 5.91 Å². The first-order valence-electron chi connectivity index (χ1n) is 8.45. The van der Waals surface area contributed by atoms with E-state index in [9.17, 15) is 9.18 Å². The molecule has 0 unspecified atom stereocenters. The van der Waals surface area contributed by atoms with Crippen LogP contribution < -0.4 is 0 Å². The summed E-state index contributed by atoms with van der Waals surface area (Å²) in [5.41, 5.74) is 4.47. The number of carbonyl (C=O) groups excluding carboxylic acids is 1. The van der Waals surface area contributed by atoms with Gasteiger partial charge in [0.05, 0.1) is 12.2 Å². The molecule has 6 nitrogen and oxygen atoms in total. The SMILES string of the molecule is Cc1cc(C(=O)N2CCc3[nH]nc(-c4cccc(F)c4)c3C2)nc(C)n1. The van der Waals surface area contributed by atoms with Crippen LogP contribution in [0.5, 0.6) is 0 Å². The van der Waals surface area contributed by atoms with Crippen molar-refractivity contribution in [3.63, 3.8) is 0 Å². The molecule has 0 atom stereocenters. The average molecular weight is 351 g/mol. The van der Waals surface area contributed by atoms with Gasteiger partial charge in [0, 0.05) is 35.5 Å². The second kappa shape index (κ2) is 6.33. The van der Waals surface area contributed by atoms with Gasteiger partial charge >= 0.3 is 0 Å². The number of halogens is 1. The van der Waals surface area contributed by atoms with E-state index in [2.05, 4.69) is 20.2 Å². The van der Waals surface area contributed by atoms with E-state index in [1.807, 2.05) is 13.0 Å². The summed E-state index contributed by atoms with van der Waals surface area (Å²) in [6.07, 6.45) is 0.673. The number of hydrogen-bond donors (Lipinski definition) is 1. The highest BCUT2D eigenvalue weighted by Gasteiger charge is 2.27. The van der Waals surface area contributed by atoms with Crippen molar-refractivity contribution in [2.45, 2.75) is 26.8 Å². The minimum atomic E-state index is -0.310. The highest BCUT2D eigenvalue weighted by atomic mass is 19.1. The van der Waals surface area contributed by atoms with Gasteiger partial charge in [0.25, 0.3) is 5.91 Å². The summed E-state index contributed by atoms with van der Waals surface area (Å²) in [6, 6.07) is 8.03. The average Bonchev–Trinajstić information content (AvgIpc) is 3.03. The smallest absolute Gasteiger partial charge is 0.272 e. The van der Waals surface area contributed by atoms with Gasteiger partial charge in [0.1, 0.15) is 17.3 Å². The Morgan fingerprint density at radius 1 is 1.23 bits per heavy atom. The van der Waals surface area contributed by atoms with Gasteiger partial charge in [-0.25, -0.2) is 14.4 Å². The van der Waals surface area contributed by atoms with Gasteiger partial charge in [-0.1, -0.05) is 12.1 Å². The topological polar surface area (TPSA) is 74.8 Å². The van der Waals surface area contributed by atoms with Crippen LogP contribution in [-0.2, 0) is 13.0 Å². The molecule has 1 N–H and O–H groups in total. The number of benzene rings is 1. The first-order chi connectivity index (χ1) is 12.5. The fourth-order valence-electron chi connectivity index (χ4n) is 3.33. The Labute approximate surface area is 150 Å². The van der Waals surface area contributed by atoms with Crippen LogP contribution in [0.2, 0.25) is 0 Å². The number of nitrogens with zero attached hydrogens (tertiary/aromatic N) is 4. The summed E-state index contributed by atoms with van der Waals surface area (Å²) in [7, 11) is 0. The molecule has 1 aromatic carbocycles. The molecule has 0 saturated carbocycles. The number of amides is 1. The maximum absolute atomic E-state index is 13.6. The number of aromatic nitrogens is 4. The maximum atomic E-state index is 13.6. The Morgan fingerprint density at radius 2 is 2.08 bits per heavy atom. The summed E-state index contributed by atoms with van der Waals surface area (Å²) in [6.45, 7) is 4.62. The van der Waals surface area contributed by atoms with Crippen LogP contribution in [0.1, 0.15) is 33.3 Å². The van der Waals surface area contributed by atoms with Gasteiger partial charge in [-0.05, 0) is 32.0 Å². The zero-order valence-electron chi connectivity index (χ0n) is 14.6. The lowest BCUT2D eigenvalue weighted by atomic mass is 10.0. The molecule has 4 rings (SSSR count). The summed E-state index contributed by atoms with van der Waals surface area (Å²) >= 11 is 0. The number of rotatable bonds is 2. The number of fused-ring (bicyclic) bond motifs is 1. The zero-order chi connectivity index (χ0) is 18.3. The standard InChI is InChI=1S/C19H18FN5O/c1-11-8-17(22-12(2)21-11)19(26)25-7-6-16-15(10-25)18(24-23-16)13-4-3-5-14(20)9-13/h3-5,8-9H,6-7,10H2,1-2H3,(H,23,24). The van der Waals surface area contributed by atoms with Crippen molar-refractivity contribution in [2.24, 2.45) is 0 Å². The molecule has 3 heterocycles. The highest BCUT2D eigenvalue weighted by Crippen LogP contribution is 2.29. The van der Waals surface area contributed by atoms with Crippen LogP contribution in [0.15, 0.2) is 30.3 Å². The Hall–Kier alpha value is -3.09. The number of aromatic amines is 1. The van der Waals surface area contributed by atoms with Crippen molar-refractivity contribution < 1.29 is 9.18 Å². The molecule has 3 aromatic rings. The lowest BCUT2D eigenvalue weighted by Gasteiger charge is -2.27. The molecule has 0 fully saturated rings. The molecule has 0 saturated heterocycles. The van der Waals surface area contributed by atoms with E-state index in [4.69, 9.17) is 0 Å². The third kappa shape index (κ3) is 2.96. The fraction of sp³-hybridized carbons (Fsp3) is 0.263. The quantitative estimate of drug-likeness (QED) is 0.770. The first kappa shape index (κ1) is 16.4. The normalized spacial score (nSPS) is 13.6. The van der Waals surface area contributed by atoms with Crippen molar-refractivity contribution in [2.75, 3.05) is 6.54 Å². The molecular formula is C19H18FN5O. The zero-order valence-corrected chi connectivity index (χ0v) is 14.6. The maximum Gasteiger partial charge on any atom is 0.272 e. The second-order valence-electron chi connectivity index (χ2n) is 6.46. The molecule has 1 amide bonds. The minimum Gasteiger partial charge on any atom is -0.332 e. The molecule has 26 heavy (non-hydrogen) atoms. The molecule has 7 heteroatoms. The number of carbonyl (C=O) groups is 1. The van der Waals surface area contributed by atoms with E-state index in [1.54, 1.807) is 24.0 Å². The summed E-state index contributed by atoms with van der Waals surface area (Å²) in [4.78, 5) is 23.1. The van der Waals surface area contributed by atoms with Crippen LogP contribution in [-0.4, -0.2) is 37.5 Å². The fourth-order valence-corrected chi connectivity index (χ4v) is 3.33. The first-order valence-corrected chi connectivity index (χ1v) is 8.45. The third-order valence-corrected chi connectivity index (χ3v) is 4.50.